The molecule has 0 atom stereocenters. The summed E-state index contributed by atoms with van der Waals surface area (Å²) in [5.74, 6) is -0.379. The molecule has 0 amide bonds. The standard InChI is InChI=1S/C13H11Cl2NO2/c1-3-18-13(17)9-4-8-5-10(14)11(15)6-12(8)16-7(9)2/h4-6H,3H2,1-2H3. The maximum absolute atomic E-state index is 11.7. The van der Waals surface area contributed by atoms with E-state index in [9.17, 15) is 4.79 Å². The van der Waals surface area contributed by atoms with E-state index in [2.05, 4.69) is 4.98 Å². The topological polar surface area (TPSA) is 39.2 Å². The first-order chi connectivity index (χ1) is 8.52. The van der Waals surface area contributed by atoms with Gasteiger partial charge in [-0.2, -0.15) is 0 Å². The maximum atomic E-state index is 11.7. The summed E-state index contributed by atoms with van der Waals surface area (Å²) in [6.45, 7) is 3.85. The predicted octanol–water partition coefficient (Wildman–Crippen LogP) is 4.03. The van der Waals surface area contributed by atoms with Gasteiger partial charge in [0.2, 0.25) is 0 Å². The van der Waals surface area contributed by atoms with Gasteiger partial charge >= 0.3 is 5.97 Å². The predicted molar refractivity (Wildman–Crippen MR) is 72.5 cm³/mol. The van der Waals surface area contributed by atoms with E-state index in [-0.39, 0.29) is 5.97 Å². The number of carbonyl (C=O) groups is 1. The quantitative estimate of drug-likeness (QED) is 0.782. The summed E-state index contributed by atoms with van der Waals surface area (Å²) in [5.41, 5.74) is 1.76. The maximum Gasteiger partial charge on any atom is 0.339 e. The zero-order valence-electron chi connectivity index (χ0n) is 9.96. The van der Waals surface area contributed by atoms with Gasteiger partial charge < -0.3 is 4.74 Å². The number of hydrogen-bond acceptors (Lipinski definition) is 3. The van der Waals surface area contributed by atoms with Crippen molar-refractivity contribution in [1.82, 2.24) is 4.98 Å². The molecule has 0 aliphatic rings. The third-order valence-corrected chi connectivity index (χ3v) is 3.26. The summed E-state index contributed by atoms with van der Waals surface area (Å²) in [7, 11) is 0. The molecule has 1 heterocycles. The zero-order chi connectivity index (χ0) is 13.3. The second-order valence-electron chi connectivity index (χ2n) is 3.80. The van der Waals surface area contributed by atoms with Gasteiger partial charge in [-0.15, -0.1) is 0 Å². The molecule has 5 heteroatoms. The molecule has 0 fully saturated rings. The van der Waals surface area contributed by atoms with Crippen molar-refractivity contribution >= 4 is 40.1 Å². The van der Waals surface area contributed by atoms with Crippen molar-refractivity contribution in [2.45, 2.75) is 13.8 Å². The molecule has 0 saturated carbocycles. The lowest BCUT2D eigenvalue weighted by Crippen LogP contribution is -2.07. The Morgan fingerprint density at radius 2 is 1.94 bits per heavy atom. The molecule has 0 radical (unpaired) electrons. The van der Waals surface area contributed by atoms with Gasteiger partial charge in [0.15, 0.2) is 0 Å². The van der Waals surface area contributed by atoms with Crippen LogP contribution in [0.1, 0.15) is 23.0 Å². The van der Waals surface area contributed by atoms with E-state index in [1.165, 1.54) is 0 Å². The summed E-state index contributed by atoms with van der Waals surface area (Å²) < 4.78 is 4.97. The van der Waals surface area contributed by atoms with E-state index in [0.29, 0.717) is 33.4 Å². The number of hydrogen-bond donors (Lipinski definition) is 0. The lowest BCUT2D eigenvalue weighted by atomic mass is 10.1. The van der Waals surface area contributed by atoms with E-state index in [4.69, 9.17) is 27.9 Å². The zero-order valence-corrected chi connectivity index (χ0v) is 11.5. The second kappa shape index (κ2) is 5.12. The van der Waals surface area contributed by atoms with Crippen LogP contribution in [-0.4, -0.2) is 17.6 Å². The molecule has 3 nitrogen and oxygen atoms in total. The number of aryl methyl sites for hydroxylation is 1. The Labute approximate surface area is 115 Å². The molecule has 0 saturated heterocycles. The smallest absolute Gasteiger partial charge is 0.339 e. The molecule has 0 N–H and O–H groups in total. The number of halogens is 2. The van der Waals surface area contributed by atoms with Gasteiger partial charge in [-0.25, -0.2) is 4.79 Å². The molecular weight excluding hydrogens is 273 g/mol. The van der Waals surface area contributed by atoms with Gasteiger partial charge in [-0.3, -0.25) is 4.98 Å². The van der Waals surface area contributed by atoms with Crippen molar-refractivity contribution in [3.8, 4) is 0 Å². The first-order valence-corrected chi connectivity index (χ1v) is 6.22. The van der Waals surface area contributed by atoms with Crippen molar-refractivity contribution in [1.29, 1.82) is 0 Å². The van der Waals surface area contributed by atoms with E-state index in [0.717, 1.165) is 5.39 Å². The molecular formula is C13H11Cl2NO2. The van der Waals surface area contributed by atoms with E-state index >= 15 is 0 Å². The van der Waals surface area contributed by atoms with Crippen LogP contribution in [0.5, 0.6) is 0 Å². The monoisotopic (exact) mass is 283 g/mol. The lowest BCUT2D eigenvalue weighted by Gasteiger charge is -2.07. The Morgan fingerprint density at radius 1 is 1.28 bits per heavy atom. The third kappa shape index (κ3) is 2.42. The number of fused-ring (bicyclic) bond motifs is 1. The molecule has 2 aromatic rings. The summed E-state index contributed by atoms with van der Waals surface area (Å²) in [6.07, 6.45) is 0. The van der Waals surface area contributed by atoms with Crippen LogP contribution in [0, 0.1) is 6.92 Å². The highest BCUT2D eigenvalue weighted by atomic mass is 35.5. The Hall–Kier alpha value is -1.32. The van der Waals surface area contributed by atoms with Crippen LogP contribution in [0.15, 0.2) is 18.2 Å². The number of rotatable bonds is 2. The van der Waals surface area contributed by atoms with Gasteiger partial charge in [0.25, 0.3) is 0 Å². The van der Waals surface area contributed by atoms with Gasteiger partial charge in [0.1, 0.15) is 0 Å². The number of ether oxygens (including phenoxy) is 1. The first-order valence-electron chi connectivity index (χ1n) is 5.46. The van der Waals surface area contributed by atoms with Gasteiger partial charge in [0.05, 0.1) is 33.4 Å². The molecule has 1 aromatic carbocycles. The molecule has 1 aromatic heterocycles. The van der Waals surface area contributed by atoms with Gasteiger partial charge in [-0.05, 0) is 32.0 Å². The second-order valence-corrected chi connectivity index (χ2v) is 4.62. The Kier molecular flexibility index (Phi) is 3.73. The van der Waals surface area contributed by atoms with Crippen LogP contribution in [0.2, 0.25) is 10.0 Å². The minimum Gasteiger partial charge on any atom is -0.462 e. The SMILES string of the molecule is CCOC(=O)c1cc2cc(Cl)c(Cl)cc2nc1C. The fourth-order valence-corrected chi connectivity index (χ4v) is 2.01. The van der Waals surface area contributed by atoms with Crippen LogP contribution >= 0.6 is 23.2 Å². The van der Waals surface area contributed by atoms with Crippen molar-refractivity contribution in [3.63, 3.8) is 0 Å². The van der Waals surface area contributed by atoms with Crippen molar-refractivity contribution in [3.05, 3.63) is 39.5 Å². The van der Waals surface area contributed by atoms with Crippen LogP contribution in [0.4, 0.5) is 0 Å². The van der Waals surface area contributed by atoms with E-state index in [1.54, 1.807) is 32.0 Å². The summed E-state index contributed by atoms with van der Waals surface area (Å²) >= 11 is 11.9. The Morgan fingerprint density at radius 3 is 2.61 bits per heavy atom. The van der Waals surface area contributed by atoms with Crippen LogP contribution in [0.3, 0.4) is 0 Å². The van der Waals surface area contributed by atoms with Crippen molar-refractivity contribution in [2.75, 3.05) is 6.61 Å². The van der Waals surface area contributed by atoms with E-state index in [1.807, 2.05) is 0 Å². The average Bonchev–Trinajstić information content (AvgIpc) is 2.31. The van der Waals surface area contributed by atoms with Gasteiger partial charge in [-0.1, -0.05) is 23.2 Å². The van der Waals surface area contributed by atoms with Crippen LogP contribution in [0.25, 0.3) is 10.9 Å². The largest absolute Gasteiger partial charge is 0.462 e. The van der Waals surface area contributed by atoms with Crippen LogP contribution in [-0.2, 0) is 4.74 Å². The van der Waals surface area contributed by atoms with E-state index < -0.39 is 0 Å². The number of aromatic nitrogens is 1. The summed E-state index contributed by atoms with van der Waals surface area (Å²) in [5, 5.41) is 1.64. The molecule has 0 bridgehead atoms. The van der Waals surface area contributed by atoms with Crippen molar-refractivity contribution in [2.24, 2.45) is 0 Å². The number of esters is 1. The number of benzene rings is 1. The normalized spacial score (nSPS) is 10.7. The minimum atomic E-state index is -0.379. The highest BCUT2D eigenvalue weighted by Gasteiger charge is 2.13. The molecule has 0 aliphatic carbocycles. The Bertz CT molecular complexity index is 626. The molecule has 0 spiro atoms. The summed E-state index contributed by atoms with van der Waals surface area (Å²) in [4.78, 5) is 16.1. The number of nitrogens with zero attached hydrogens (tertiary/aromatic N) is 1. The first kappa shape index (κ1) is 13.1. The Balaban J connectivity index is 2.61. The van der Waals surface area contributed by atoms with Gasteiger partial charge in [0, 0.05) is 5.39 Å². The molecule has 94 valence electrons. The highest BCUT2D eigenvalue weighted by molar-refractivity contribution is 6.42. The molecule has 0 aliphatic heterocycles. The fourth-order valence-electron chi connectivity index (χ4n) is 1.68. The number of pyridine rings is 1. The van der Waals surface area contributed by atoms with Crippen molar-refractivity contribution < 1.29 is 9.53 Å². The van der Waals surface area contributed by atoms with Crippen LogP contribution < -0.4 is 0 Å². The molecule has 2 rings (SSSR count). The number of carbonyl (C=O) groups excluding carboxylic acids is 1. The summed E-state index contributed by atoms with van der Waals surface area (Å²) in [6, 6.07) is 5.09. The lowest BCUT2D eigenvalue weighted by molar-refractivity contribution is 0.0525. The highest BCUT2D eigenvalue weighted by Crippen LogP contribution is 2.28. The molecule has 18 heavy (non-hydrogen) atoms. The molecule has 0 unspecified atom stereocenters. The third-order valence-electron chi connectivity index (χ3n) is 2.54. The fraction of sp³-hybridized carbons (Fsp3) is 0.231. The average molecular weight is 284 g/mol. The minimum absolute atomic E-state index is 0.331.